The summed E-state index contributed by atoms with van der Waals surface area (Å²) in [5.74, 6) is 1.15. The second-order valence-electron chi connectivity index (χ2n) is 3.74. The molecule has 0 saturated carbocycles. The number of aryl methyl sites for hydroxylation is 1. The van der Waals surface area contributed by atoms with E-state index in [0.29, 0.717) is 11.5 Å². The van der Waals surface area contributed by atoms with Crippen LogP contribution in [0.4, 0.5) is 5.82 Å². The number of hydrogen-bond acceptors (Lipinski definition) is 5. The minimum absolute atomic E-state index is 0.425. The summed E-state index contributed by atoms with van der Waals surface area (Å²) >= 11 is 0. The molecular weight excluding hydrogens is 216 g/mol. The SMILES string of the molecule is Cc1ccnc(-n2ncc3c(N)ncnc32)c1. The standard InChI is InChI=1S/C11H10N6/c1-7-2-3-13-9(4-7)17-11-8(5-16-17)10(12)14-6-15-11/h2-6H,1H3,(H2,12,14,15). The van der Waals surface area contributed by atoms with Gasteiger partial charge < -0.3 is 5.73 Å². The molecule has 84 valence electrons. The van der Waals surface area contributed by atoms with Crippen molar-refractivity contribution in [2.24, 2.45) is 0 Å². The van der Waals surface area contributed by atoms with Gasteiger partial charge in [0.15, 0.2) is 11.5 Å². The van der Waals surface area contributed by atoms with Gasteiger partial charge in [-0.2, -0.15) is 9.78 Å². The molecule has 0 amide bonds. The summed E-state index contributed by atoms with van der Waals surface area (Å²) in [7, 11) is 0. The third-order valence-corrected chi connectivity index (χ3v) is 2.51. The maximum atomic E-state index is 5.75. The zero-order valence-electron chi connectivity index (χ0n) is 9.20. The van der Waals surface area contributed by atoms with Crippen LogP contribution in [0.5, 0.6) is 0 Å². The van der Waals surface area contributed by atoms with Gasteiger partial charge in [-0.05, 0) is 24.6 Å². The monoisotopic (exact) mass is 226 g/mol. The Morgan fingerprint density at radius 2 is 2.12 bits per heavy atom. The topological polar surface area (TPSA) is 82.5 Å². The second kappa shape index (κ2) is 3.51. The van der Waals surface area contributed by atoms with Gasteiger partial charge in [0.2, 0.25) is 0 Å². The minimum Gasteiger partial charge on any atom is -0.383 e. The second-order valence-corrected chi connectivity index (χ2v) is 3.74. The molecule has 6 nitrogen and oxygen atoms in total. The van der Waals surface area contributed by atoms with Crippen LogP contribution in [0.15, 0.2) is 30.9 Å². The van der Waals surface area contributed by atoms with Gasteiger partial charge in [-0.15, -0.1) is 0 Å². The van der Waals surface area contributed by atoms with E-state index in [4.69, 9.17) is 5.73 Å². The highest BCUT2D eigenvalue weighted by molar-refractivity contribution is 5.85. The van der Waals surface area contributed by atoms with Crippen LogP contribution in [0.2, 0.25) is 0 Å². The largest absolute Gasteiger partial charge is 0.383 e. The van der Waals surface area contributed by atoms with Crippen molar-refractivity contribution in [1.29, 1.82) is 0 Å². The minimum atomic E-state index is 0.425. The van der Waals surface area contributed by atoms with Crippen molar-refractivity contribution in [2.45, 2.75) is 6.92 Å². The molecule has 3 aromatic heterocycles. The lowest BCUT2D eigenvalue weighted by Gasteiger charge is -2.02. The molecule has 0 radical (unpaired) electrons. The van der Waals surface area contributed by atoms with Gasteiger partial charge in [0.1, 0.15) is 12.1 Å². The summed E-state index contributed by atoms with van der Waals surface area (Å²) < 4.78 is 1.65. The van der Waals surface area contributed by atoms with Gasteiger partial charge in [0, 0.05) is 6.20 Å². The van der Waals surface area contributed by atoms with Crippen LogP contribution in [0.3, 0.4) is 0 Å². The molecule has 0 aromatic carbocycles. The fourth-order valence-corrected chi connectivity index (χ4v) is 1.67. The summed E-state index contributed by atoms with van der Waals surface area (Å²) in [6.45, 7) is 2.00. The van der Waals surface area contributed by atoms with Crippen molar-refractivity contribution >= 4 is 16.9 Å². The van der Waals surface area contributed by atoms with Gasteiger partial charge in [0.25, 0.3) is 0 Å². The maximum Gasteiger partial charge on any atom is 0.170 e. The smallest absolute Gasteiger partial charge is 0.170 e. The Labute approximate surface area is 97.1 Å². The number of rotatable bonds is 1. The molecule has 17 heavy (non-hydrogen) atoms. The number of hydrogen-bond donors (Lipinski definition) is 1. The number of anilines is 1. The summed E-state index contributed by atoms with van der Waals surface area (Å²) in [5, 5.41) is 4.97. The van der Waals surface area contributed by atoms with Crippen LogP contribution in [0, 0.1) is 6.92 Å². The zero-order valence-corrected chi connectivity index (χ0v) is 9.20. The first-order valence-corrected chi connectivity index (χ1v) is 5.13. The highest BCUT2D eigenvalue weighted by Gasteiger charge is 2.09. The normalized spacial score (nSPS) is 10.9. The van der Waals surface area contributed by atoms with Gasteiger partial charge in [-0.1, -0.05) is 0 Å². The Morgan fingerprint density at radius 1 is 1.24 bits per heavy atom. The molecule has 0 aliphatic heterocycles. The van der Waals surface area contributed by atoms with Crippen LogP contribution in [0.1, 0.15) is 5.56 Å². The summed E-state index contributed by atoms with van der Waals surface area (Å²) in [4.78, 5) is 12.4. The first kappa shape index (κ1) is 9.71. The van der Waals surface area contributed by atoms with Crippen molar-refractivity contribution in [3.8, 4) is 5.82 Å². The summed E-state index contributed by atoms with van der Waals surface area (Å²) in [6.07, 6.45) is 4.81. The van der Waals surface area contributed by atoms with Gasteiger partial charge in [-0.3, -0.25) is 0 Å². The van der Waals surface area contributed by atoms with Crippen molar-refractivity contribution < 1.29 is 0 Å². The van der Waals surface area contributed by atoms with Crippen LogP contribution in [0.25, 0.3) is 16.9 Å². The molecule has 0 bridgehead atoms. The number of nitrogens with zero attached hydrogens (tertiary/aromatic N) is 5. The van der Waals surface area contributed by atoms with Crippen molar-refractivity contribution in [2.75, 3.05) is 5.73 Å². The molecule has 2 N–H and O–H groups in total. The van der Waals surface area contributed by atoms with E-state index in [1.165, 1.54) is 6.33 Å². The first-order chi connectivity index (χ1) is 8.25. The fraction of sp³-hybridized carbons (Fsp3) is 0.0909. The van der Waals surface area contributed by atoms with E-state index < -0.39 is 0 Å². The highest BCUT2D eigenvalue weighted by Crippen LogP contribution is 2.18. The van der Waals surface area contributed by atoms with Crippen LogP contribution in [-0.2, 0) is 0 Å². The van der Waals surface area contributed by atoms with Gasteiger partial charge in [0.05, 0.1) is 11.6 Å². The number of nitrogens with two attached hydrogens (primary N) is 1. The third kappa shape index (κ3) is 1.50. The molecule has 0 fully saturated rings. The maximum absolute atomic E-state index is 5.75. The number of nitrogen functional groups attached to an aromatic ring is 1. The molecule has 0 aliphatic carbocycles. The van der Waals surface area contributed by atoms with E-state index in [1.807, 2.05) is 19.1 Å². The third-order valence-electron chi connectivity index (χ3n) is 2.51. The first-order valence-electron chi connectivity index (χ1n) is 5.13. The van der Waals surface area contributed by atoms with E-state index >= 15 is 0 Å². The molecule has 0 aliphatic rings. The molecule has 0 unspecified atom stereocenters. The molecule has 6 heteroatoms. The van der Waals surface area contributed by atoms with Crippen LogP contribution >= 0.6 is 0 Å². The fourth-order valence-electron chi connectivity index (χ4n) is 1.67. The predicted molar refractivity (Wildman–Crippen MR) is 63.6 cm³/mol. The quantitative estimate of drug-likeness (QED) is 0.671. The molecule has 3 heterocycles. The lowest BCUT2D eigenvalue weighted by Crippen LogP contribution is -2.01. The van der Waals surface area contributed by atoms with Crippen molar-refractivity contribution in [1.82, 2.24) is 24.7 Å². The van der Waals surface area contributed by atoms with Crippen LogP contribution in [-0.4, -0.2) is 24.7 Å². The Balaban J connectivity index is 2.28. The zero-order chi connectivity index (χ0) is 11.8. The van der Waals surface area contributed by atoms with Crippen molar-refractivity contribution in [3.63, 3.8) is 0 Å². The predicted octanol–water partition coefficient (Wildman–Crippen LogP) is 1.10. The summed E-state index contributed by atoms with van der Waals surface area (Å²) in [5.41, 5.74) is 7.53. The Morgan fingerprint density at radius 3 is 2.94 bits per heavy atom. The molecule has 0 saturated heterocycles. The van der Waals surface area contributed by atoms with E-state index in [-0.39, 0.29) is 0 Å². The molecule has 3 rings (SSSR count). The molecule has 0 atom stereocenters. The summed E-state index contributed by atoms with van der Waals surface area (Å²) in [6, 6.07) is 3.86. The van der Waals surface area contributed by atoms with E-state index in [2.05, 4.69) is 20.1 Å². The average molecular weight is 226 g/mol. The van der Waals surface area contributed by atoms with E-state index in [9.17, 15) is 0 Å². The Bertz CT molecular complexity index is 687. The number of fused-ring (bicyclic) bond motifs is 1. The van der Waals surface area contributed by atoms with E-state index in [0.717, 1.165) is 16.8 Å². The lowest BCUT2D eigenvalue weighted by atomic mass is 10.3. The number of aromatic nitrogens is 5. The van der Waals surface area contributed by atoms with Gasteiger partial charge in [-0.25, -0.2) is 15.0 Å². The molecular formula is C11H10N6. The van der Waals surface area contributed by atoms with E-state index in [1.54, 1.807) is 17.1 Å². The molecule has 3 aromatic rings. The Hall–Kier alpha value is -2.50. The Kier molecular flexibility index (Phi) is 2.01. The highest BCUT2D eigenvalue weighted by atomic mass is 15.3. The lowest BCUT2D eigenvalue weighted by molar-refractivity contribution is 0.859. The number of pyridine rings is 1. The van der Waals surface area contributed by atoms with Crippen molar-refractivity contribution in [3.05, 3.63) is 36.4 Å². The average Bonchev–Trinajstić information content (AvgIpc) is 2.74. The molecule has 0 spiro atoms. The van der Waals surface area contributed by atoms with Gasteiger partial charge >= 0.3 is 0 Å². The van der Waals surface area contributed by atoms with Crippen LogP contribution < -0.4 is 5.73 Å².